The molecule has 19 heavy (non-hydrogen) atoms. The Balaban J connectivity index is 1.87. The Morgan fingerprint density at radius 3 is 2.63 bits per heavy atom. The third-order valence-corrected chi connectivity index (χ3v) is 3.38. The maximum Gasteiger partial charge on any atom is 0.229 e. The van der Waals surface area contributed by atoms with Gasteiger partial charge < -0.3 is 14.4 Å². The van der Waals surface area contributed by atoms with E-state index < -0.39 is 5.60 Å². The molecule has 1 fully saturated rings. The lowest BCUT2D eigenvalue weighted by atomic mass is 9.94. The highest BCUT2D eigenvalue weighted by Gasteiger charge is 2.31. The van der Waals surface area contributed by atoms with Crippen LogP contribution in [0.2, 0.25) is 0 Å². The lowest BCUT2D eigenvalue weighted by Gasteiger charge is -2.35. The highest BCUT2D eigenvalue weighted by Crippen LogP contribution is 2.21. The largest absolute Gasteiger partial charge is 0.388 e. The maximum atomic E-state index is 10.4. The second-order valence-corrected chi connectivity index (χ2v) is 5.71. The number of hydrogen-bond donors (Lipinski definition) is 1. The van der Waals surface area contributed by atoms with E-state index in [1.807, 2.05) is 25.8 Å². The average molecular weight is 269 g/mol. The third kappa shape index (κ3) is 3.99. The van der Waals surface area contributed by atoms with E-state index in [9.17, 15) is 5.11 Å². The molecule has 0 radical (unpaired) electrons. The number of aromatic nitrogens is 2. The minimum absolute atomic E-state index is 0.242. The lowest BCUT2D eigenvalue weighted by Crippen LogP contribution is -2.45. The van der Waals surface area contributed by atoms with Crippen LogP contribution in [-0.2, 0) is 11.3 Å². The van der Waals surface area contributed by atoms with Gasteiger partial charge in [-0.25, -0.2) is 0 Å². The Bertz CT molecular complexity index is 400. The predicted molar refractivity (Wildman–Crippen MR) is 69.7 cm³/mol. The van der Waals surface area contributed by atoms with Crippen molar-refractivity contribution in [3.8, 4) is 0 Å². The Morgan fingerprint density at radius 2 is 2.05 bits per heavy atom. The van der Waals surface area contributed by atoms with Gasteiger partial charge in [-0.05, 0) is 7.05 Å². The summed E-state index contributed by atoms with van der Waals surface area (Å²) in [4.78, 5) is 6.37. The standard InChI is InChI=1S/C13H23N3O3/c1-10(2)12-14-11(15-19-12)8-16(3)9-13(17)4-6-18-7-5-13/h10,17H,4-9H2,1-3H3. The molecule has 0 saturated carbocycles. The normalized spacial score (nSPS) is 19.3. The van der Waals surface area contributed by atoms with Crippen LogP contribution in [0.1, 0.15) is 44.3 Å². The molecule has 1 N–H and O–H groups in total. The maximum absolute atomic E-state index is 10.4. The number of rotatable bonds is 5. The molecular formula is C13H23N3O3. The van der Waals surface area contributed by atoms with Crippen LogP contribution in [-0.4, -0.2) is 52.6 Å². The van der Waals surface area contributed by atoms with Crippen molar-refractivity contribution in [3.05, 3.63) is 11.7 Å². The summed E-state index contributed by atoms with van der Waals surface area (Å²) in [7, 11) is 1.96. The van der Waals surface area contributed by atoms with Gasteiger partial charge in [0.1, 0.15) is 0 Å². The van der Waals surface area contributed by atoms with E-state index in [2.05, 4.69) is 10.1 Å². The molecular weight excluding hydrogens is 246 g/mol. The fourth-order valence-corrected chi connectivity index (χ4v) is 2.28. The van der Waals surface area contributed by atoms with E-state index in [-0.39, 0.29) is 5.92 Å². The number of aliphatic hydroxyl groups is 1. The molecule has 0 aliphatic carbocycles. The Kier molecular flexibility index (Phi) is 4.54. The van der Waals surface area contributed by atoms with Crippen molar-refractivity contribution in [1.82, 2.24) is 15.0 Å². The zero-order chi connectivity index (χ0) is 13.9. The molecule has 0 aromatic carbocycles. The summed E-state index contributed by atoms with van der Waals surface area (Å²) in [5, 5.41) is 14.4. The van der Waals surface area contributed by atoms with Crippen LogP contribution in [0.3, 0.4) is 0 Å². The highest BCUT2D eigenvalue weighted by atomic mass is 16.5. The molecule has 108 valence electrons. The van der Waals surface area contributed by atoms with Crippen LogP contribution >= 0.6 is 0 Å². The molecule has 1 aromatic heterocycles. The molecule has 6 nitrogen and oxygen atoms in total. The first kappa shape index (κ1) is 14.4. The second kappa shape index (κ2) is 5.98. The van der Waals surface area contributed by atoms with Crippen molar-refractivity contribution in [3.63, 3.8) is 0 Å². The van der Waals surface area contributed by atoms with Crippen LogP contribution in [0.4, 0.5) is 0 Å². The molecule has 0 bridgehead atoms. The summed E-state index contributed by atoms with van der Waals surface area (Å²) in [5.41, 5.74) is -0.655. The Morgan fingerprint density at radius 1 is 1.37 bits per heavy atom. The minimum Gasteiger partial charge on any atom is -0.388 e. The number of nitrogens with zero attached hydrogens (tertiary/aromatic N) is 3. The monoisotopic (exact) mass is 269 g/mol. The molecule has 1 aromatic rings. The third-order valence-electron chi connectivity index (χ3n) is 3.38. The van der Waals surface area contributed by atoms with E-state index in [0.29, 0.717) is 50.9 Å². The van der Waals surface area contributed by atoms with Crippen LogP contribution < -0.4 is 0 Å². The molecule has 1 aliphatic rings. The van der Waals surface area contributed by atoms with Crippen molar-refractivity contribution in [1.29, 1.82) is 0 Å². The SMILES string of the molecule is CC(C)c1nc(CN(C)CC2(O)CCOCC2)no1. The van der Waals surface area contributed by atoms with Gasteiger partial charge in [0.2, 0.25) is 5.89 Å². The molecule has 0 spiro atoms. The summed E-state index contributed by atoms with van der Waals surface area (Å²) in [6.45, 7) is 6.48. The summed E-state index contributed by atoms with van der Waals surface area (Å²) in [6.07, 6.45) is 1.36. The summed E-state index contributed by atoms with van der Waals surface area (Å²) < 4.78 is 10.4. The minimum atomic E-state index is -0.655. The highest BCUT2D eigenvalue weighted by molar-refractivity contribution is 4.92. The number of likely N-dealkylation sites (N-methyl/N-ethyl adjacent to an activating group) is 1. The van der Waals surface area contributed by atoms with E-state index in [1.54, 1.807) is 0 Å². The molecule has 1 saturated heterocycles. The van der Waals surface area contributed by atoms with Crippen LogP contribution in [0, 0.1) is 0 Å². The van der Waals surface area contributed by atoms with Gasteiger partial charge in [-0.1, -0.05) is 19.0 Å². The van der Waals surface area contributed by atoms with Gasteiger partial charge in [0, 0.05) is 38.5 Å². The Labute approximate surface area is 113 Å². The number of hydrogen-bond acceptors (Lipinski definition) is 6. The van der Waals surface area contributed by atoms with Crippen LogP contribution in [0.25, 0.3) is 0 Å². The molecule has 0 amide bonds. The number of ether oxygens (including phenoxy) is 1. The summed E-state index contributed by atoms with van der Waals surface area (Å²) in [5.74, 6) is 1.57. The molecule has 6 heteroatoms. The topological polar surface area (TPSA) is 71.6 Å². The quantitative estimate of drug-likeness (QED) is 0.865. The second-order valence-electron chi connectivity index (χ2n) is 5.71. The van der Waals surface area contributed by atoms with Gasteiger partial charge in [0.25, 0.3) is 0 Å². The van der Waals surface area contributed by atoms with E-state index in [0.717, 1.165) is 0 Å². The van der Waals surface area contributed by atoms with Crippen molar-refractivity contribution in [2.75, 3.05) is 26.8 Å². The fraction of sp³-hybridized carbons (Fsp3) is 0.846. The first-order valence-electron chi connectivity index (χ1n) is 6.80. The lowest BCUT2D eigenvalue weighted by molar-refractivity contribution is -0.0779. The smallest absolute Gasteiger partial charge is 0.229 e. The zero-order valence-electron chi connectivity index (χ0n) is 11.9. The summed E-state index contributed by atoms with van der Waals surface area (Å²) in [6, 6.07) is 0. The van der Waals surface area contributed by atoms with Gasteiger partial charge in [-0.3, -0.25) is 4.90 Å². The van der Waals surface area contributed by atoms with Crippen LogP contribution in [0.15, 0.2) is 4.52 Å². The van der Waals surface area contributed by atoms with Gasteiger partial charge >= 0.3 is 0 Å². The van der Waals surface area contributed by atoms with Crippen molar-refractivity contribution in [2.24, 2.45) is 0 Å². The van der Waals surface area contributed by atoms with Gasteiger partial charge in [-0.15, -0.1) is 0 Å². The van der Waals surface area contributed by atoms with E-state index >= 15 is 0 Å². The fourth-order valence-electron chi connectivity index (χ4n) is 2.28. The van der Waals surface area contributed by atoms with Gasteiger partial charge in [0.05, 0.1) is 12.1 Å². The van der Waals surface area contributed by atoms with Crippen molar-refractivity contribution >= 4 is 0 Å². The van der Waals surface area contributed by atoms with Gasteiger partial charge in [-0.2, -0.15) is 4.98 Å². The molecule has 0 atom stereocenters. The molecule has 0 unspecified atom stereocenters. The molecule has 1 aliphatic heterocycles. The van der Waals surface area contributed by atoms with Crippen molar-refractivity contribution in [2.45, 2.75) is 44.8 Å². The zero-order valence-corrected chi connectivity index (χ0v) is 11.9. The Hall–Kier alpha value is -0.980. The molecule has 2 heterocycles. The molecule has 2 rings (SSSR count). The predicted octanol–water partition coefficient (Wildman–Crippen LogP) is 1.17. The first-order chi connectivity index (χ1) is 8.98. The summed E-state index contributed by atoms with van der Waals surface area (Å²) >= 11 is 0. The van der Waals surface area contributed by atoms with E-state index in [1.165, 1.54) is 0 Å². The average Bonchev–Trinajstić information content (AvgIpc) is 2.77. The first-order valence-corrected chi connectivity index (χ1v) is 6.80. The van der Waals surface area contributed by atoms with E-state index in [4.69, 9.17) is 9.26 Å². The van der Waals surface area contributed by atoms with Crippen molar-refractivity contribution < 1.29 is 14.4 Å². The van der Waals surface area contributed by atoms with Gasteiger partial charge in [0.15, 0.2) is 5.82 Å². The van der Waals surface area contributed by atoms with Crippen LogP contribution in [0.5, 0.6) is 0 Å².